The smallest absolute Gasteiger partial charge is 0.342 e. The number of sulfonamides is 1. The van der Waals surface area contributed by atoms with Gasteiger partial charge in [0.25, 0.3) is 5.91 Å². The van der Waals surface area contributed by atoms with Gasteiger partial charge in [-0.3, -0.25) is 9.48 Å². The van der Waals surface area contributed by atoms with E-state index in [1.165, 1.54) is 18.2 Å². The molecular formula is C16H20N4O5S. The molecule has 0 saturated heterocycles. The molecule has 1 heterocycles. The molecule has 1 aromatic heterocycles. The van der Waals surface area contributed by atoms with Gasteiger partial charge in [-0.25, -0.2) is 18.4 Å². The molecule has 10 heteroatoms. The molecule has 26 heavy (non-hydrogen) atoms. The zero-order chi connectivity index (χ0) is 19.6. The van der Waals surface area contributed by atoms with Crippen LogP contribution in [0.15, 0.2) is 23.1 Å². The van der Waals surface area contributed by atoms with Crippen molar-refractivity contribution >= 4 is 27.6 Å². The van der Waals surface area contributed by atoms with Crippen molar-refractivity contribution in [3.63, 3.8) is 0 Å². The van der Waals surface area contributed by atoms with Crippen molar-refractivity contribution < 1.29 is 22.7 Å². The molecule has 1 amide bonds. The highest BCUT2D eigenvalue weighted by atomic mass is 32.2. The number of aryl methyl sites for hydroxylation is 3. The van der Waals surface area contributed by atoms with E-state index in [-0.39, 0.29) is 10.6 Å². The largest absolute Gasteiger partial charge is 0.452 e. The van der Waals surface area contributed by atoms with E-state index in [1.54, 1.807) is 32.5 Å². The van der Waals surface area contributed by atoms with Gasteiger partial charge in [-0.1, -0.05) is 6.07 Å². The number of aromatic nitrogens is 2. The van der Waals surface area contributed by atoms with Gasteiger partial charge in [0, 0.05) is 18.4 Å². The Kier molecular flexibility index (Phi) is 5.47. The number of nitrogens with one attached hydrogen (secondary N) is 1. The van der Waals surface area contributed by atoms with Crippen molar-refractivity contribution in [1.29, 1.82) is 0 Å². The molecule has 0 radical (unpaired) electrons. The monoisotopic (exact) mass is 380 g/mol. The molecular weight excluding hydrogens is 360 g/mol. The number of anilines is 1. The Balaban J connectivity index is 2.05. The maximum atomic E-state index is 12.1. The molecule has 0 aliphatic rings. The van der Waals surface area contributed by atoms with E-state index in [4.69, 9.17) is 9.88 Å². The van der Waals surface area contributed by atoms with Crippen LogP contribution >= 0.6 is 0 Å². The maximum absolute atomic E-state index is 12.1. The SMILES string of the molecule is Cc1ccc(NC(=O)COC(=O)c2c(C)nn(C)c2C)cc1S(N)(=O)=O. The van der Waals surface area contributed by atoms with Gasteiger partial charge >= 0.3 is 5.97 Å². The van der Waals surface area contributed by atoms with Crippen LogP contribution in [-0.2, 0) is 26.6 Å². The summed E-state index contributed by atoms with van der Waals surface area (Å²) in [4.78, 5) is 24.0. The first-order valence-corrected chi connectivity index (χ1v) is 9.16. The van der Waals surface area contributed by atoms with Crippen molar-refractivity contribution in [2.24, 2.45) is 12.2 Å². The van der Waals surface area contributed by atoms with Gasteiger partial charge in [-0.05, 0) is 38.5 Å². The average Bonchev–Trinajstić information content (AvgIpc) is 2.78. The summed E-state index contributed by atoms with van der Waals surface area (Å²) in [5, 5.41) is 11.7. The van der Waals surface area contributed by atoms with E-state index in [0.29, 0.717) is 22.5 Å². The van der Waals surface area contributed by atoms with Gasteiger partial charge in [-0.2, -0.15) is 5.10 Å². The Hall–Kier alpha value is -2.72. The standard InChI is InChI=1S/C16H20N4O5S/c1-9-5-6-12(7-13(9)26(17,23)24)18-14(21)8-25-16(22)15-10(2)19-20(4)11(15)3/h5-7H,8H2,1-4H3,(H,18,21)(H2,17,23,24). The Morgan fingerprint density at radius 3 is 2.46 bits per heavy atom. The number of hydrogen-bond acceptors (Lipinski definition) is 6. The number of carbonyl (C=O) groups is 2. The van der Waals surface area contributed by atoms with Gasteiger partial charge in [0.05, 0.1) is 10.6 Å². The third kappa shape index (κ3) is 4.27. The lowest BCUT2D eigenvalue weighted by atomic mass is 10.2. The molecule has 0 aliphatic carbocycles. The van der Waals surface area contributed by atoms with Crippen molar-refractivity contribution in [2.75, 3.05) is 11.9 Å². The molecule has 0 aliphatic heterocycles. The second kappa shape index (κ2) is 7.26. The Labute approximate surface area is 151 Å². The summed E-state index contributed by atoms with van der Waals surface area (Å²) in [6, 6.07) is 4.29. The van der Waals surface area contributed by atoms with Crippen LogP contribution in [0.1, 0.15) is 27.3 Å². The van der Waals surface area contributed by atoms with Gasteiger partial charge in [-0.15, -0.1) is 0 Å². The first kappa shape index (κ1) is 19.6. The fourth-order valence-corrected chi connectivity index (χ4v) is 3.26. The van der Waals surface area contributed by atoms with Crippen molar-refractivity contribution in [1.82, 2.24) is 9.78 Å². The van der Waals surface area contributed by atoms with Gasteiger partial charge in [0.15, 0.2) is 6.61 Å². The molecule has 0 saturated carbocycles. The molecule has 0 unspecified atom stereocenters. The lowest BCUT2D eigenvalue weighted by molar-refractivity contribution is -0.119. The molecule has 140 valence electrons. The first-order valence-electron chi connectivity index (χ1n) is 7.61. The van der Waals surface area contributed by atoms with Crippen molar-refractivity contribution in [2.45, 2.75) is 25.7 Å². The summed E-state index contributed by atoms with van der Waals surface area (Å²) in [6.45, 7) is 4.46. The molecule has 2 aromatic rings. The highest BCUT2D eigenvalue weighted by Crippen LogP contribution is 2.19. The Morgan fingerprint density at radius 1 is 1.27 bits per heavy atom. The number of rotatable bonds is 5. The highest BCUT2D eigenvalue weighted by Gasteiger charge is 2.20. The van der Waals surface area contributed by atoms with Crippen LogP contribution in [0.3, 0.4) is 0 Å². The van der Waals surface area contributed by atoms with E-state index < -0.39 is 28.5 Å². The van der Waals surface area contributed by atoms with Gasteiger partial charge < -0.3 is 10.1 Å². The summed E-state index contributed by atoms with van der Waals surface area (Å²) < 4.78 is 29.6. The number of primary sulfonamides is 1. The number of nitrogens with two attached hydrogens (primary N) is 1. The number of esters is 1. The van der Waals surface area contributed by atoms with Crippen molar-refractivity contribution in [3.05, 3.63) is 40.7 Å². The zero-order valence-corrected chi connectivity index (χ0v) is 15.7. The Morgan fingerprint density at radius 2 is 1.92 bits per heavy atom. The van der Waals surface area contributed by atoms with Crippen LogP contribution in [0.4, 0.5) is 5.69 Å². The topological polar surface area (TPSA) is 133 Å². The quantitative estimate of drug-likeness (QED) is 0.737. The molecule has 0 spiro atoms. The molecule has 3 N–H and O–H groups in total. The van der Waals surface area contributed by atoms with Gasteiger partial charge in [0.1, 0.15) is 5.56 Å². The van der Waals surface area contributed by atoms with Crippen LogP contribution < -0.4 is 10.5 Å². The predicted molar refractivity (Wildman–Crippen MR) is 94.1 cm³/mol. The fourth-order valence-electron chi connectivity index (χ4n) is 2.45. The van der Waals surface area contributed by atoms with E-state index in [1.807, 2.05) is 0 Å². The van der Waals surface area contributed by atoms with E-state index in [2.05, 4.69) is 10.4 Å². The third-order valence-corrected chi connectivity index (χ3v) is 4.88. The number of benzene rings is 1. The van der Waals surface area contributed by atoms with Crippen LogP contribution in [0, 0.1) is 20.8 Å². The molecule has 0 fully saturated rings. The highest BCUT2D eigenvalue weighted by molar-refractivity contribution is 7.89. The summed E-state index contributed by atoms with van der Waals surface area (Å²) in [7, 11) is -2.21. The normalized spacial score (nSPS) is 11.3. The number of amides is 1. The third-order valence-electron chi connectivity index (χ3n) is 3.83. The zero-order valence-electron chi connectivity index (χ0n) is 14.9. The fraction of sp³-hybridized carbons (Fsp3) is 0.312. The Bertz CT molecular complexity index is 979. The average molecular weight is 380 g/mol. The molecule has 2 rings (SSSR count). The van der Waals surface area contributed by atoms with Crippen LogP contribution in [0.2, 0.25) is 0 Å². The summed E-state index contributed by atoms with van der Waals surface area (Å²) in [5.41, 5.74) is 2.14. The molecule has 0 atom stereocenters. The first-order chi connectivity index (χ1) is 12.0. The van der Waals surface area contributed by atoms with E-state index in [9.17, 15) is 18.0 Å². The van der Waals surface area contributed by atoms with Crippen LogP contribution in [0.25, 0.3) is 0 Å². The second-order valence-corrected chi connectivity index (χ2v) is 7.35. The number of carbonyl (C=O) groups excluding carboxylic acids is 2. The number of hydrogen-bond donors (Lipinski definition) is 2. The minimum Gasteiger partial charge on any atom is -0.452 e. The van der Waals surface area contributed by atoms with Crippen LogP contribution in [-0.4, -0.2) is 36.7 Å². The lowest BCUT2D eigenvalue weighted by Gasteiger charge is -2.09. The number of ether oxygens (including phenoxy) is 1. The molecule has 0 bridgehead atoms. The van der Waals surface area contributed by atoms with E-state index in [0.717, 1.165) is 0 Å². The lowest BCUT2D eigenvalue weighted by Crippen LogP contribution is -2.22. The molecule has 9 nitrogen and oxygen atoms in total. The summed E-state index contributed by atoms with van der Waals surface area (Å²) in [6.07, 6.45) is 0. The van der Waals surface area contributed by atoms with Gasteiger partial charge in [0.2, 0.25) is 10.0 Å². The number of nitrogens with zero attached hydrogens (tertiary/aromatic N) is 2. The predicted octanol–water partition coefficient (Wildman–Crippen LogP) is 0.788. The van der Waals surface area contributed by atoms with Crippen molar-refractivity contribution in [3.8, 4) is 0 Å². The minimum absolute atomic E-state index is 0.0890. The second-order valence-electron chi connectivity index (χ2n) is 5.82. The maximum Gasteiger partial charge on any atom is 0.342 e. The van der Waals surface area contributed by atoms with Crippen LogP contribution in [0.5, 0.6) is 0 Å². The summed E-state index contributed by atoms with van der Waals surface area (Å²) in [5.74, 6) is -1.26. The molecule has 1 aromatic carbocycles. The summed E-state index contributed by atoms with van der Waals surface area (Å²) >= 11 is 0. The van der Waals surface area contributed by atoms with E-state index >= 15 is 0 Å². The minimum atomic E-state index is -3.91.